The Bertz CT molecular complexity index is 752. The second-order valence-corrected chi connectivity index (χ2v) is 6.84. The summed E-state index contributed by atoms with van der Waals surface area (Å²) in [4.78, 5) is 12.6. The maximum Gasteiger partial charge on any atom is 0.261 e. The number of amides is 1. The van der Waals surface area contributed by atoms with Crippen molar-refractivity contribution >= 4 is 5.91 Å². The summed E-state index contributed by atoms with van der Waals surface area (Å²) in [6, 6.07) is 12.3. The van der Waals surface area contributed by atoms with Gasteiger partial charge in [0.15, 0.2) is 6.10 Å². The van der Waals surface area contributed by atoms with E-state index in [4.69, 9.17) is 4.74 Å². The summed E-state index contributed by atoms with van der Waals surface area (Å²) in [6.07, 6.45) is 0.298. The van der Waals surface area contributed by atoms with Crippen molar-refractivity contribution in [2.45, 2.75) is 60.1 Å². The molecule has 0 aromatic heterocycles. The largest absolute Gasteiger partial charge is 0.481 e. The van der Waals surface area contributed by atoms with E-state index < -0.39 is 6.10 Å². The van der Waals surface area contributed by atoms with Crippen molar-refractivity contribution in [1.29, 1.82) is 0 Å². The van der Waals surface area contributed by atoms with Crippen LogP contribution in [0.2, 0.25) is 0 Å². The molecule has 134 valence electrons. The molecule has 0 saturated heterocycles. The summed E-state index contributed by atoms with van der Waals surface area (Å²) in [7, 11) is 0. The number of hydrogen-bond acceptors (Lipinski definition) is 2. The summed E-state index contributed by atoms with van der Waals surface area (Å²) in [5.41, 5.74) is 5.86. The minimum absolute atomic E-state index is 0.00281. The molecule has 0 heterocycles. The van der Waals surface area contributed by atoms with Crippen molar-refractivity contribution in [1.82, 2.24) is 5.32 Å². The van der Waals surface area contributed by atoms with Gasteiger partial charge >= 0.3 is 0 Å². The average Bonchev–Trinajstić information content (AvgIpc) is 2.57. The average molecular weight is 339 g/mol. The maximum atomic E-state index is 12.6. The molecule has 0 saturated carbocycles. The molecule has 2 rings (SSSR count). The molecular weight excluding hydrogens is 310 g/mol. The van der Waals surface area contributed by atoms with Crippen molar-refractivity contribution in [3.05, 3.63) is 64.2 Å². The second-order valence-electron chi connectivity index (χ2n) is 6.84. The van der Waals surface area contributed by atoms with Gasteiger partial charge in [-0.1, -0.05) is 42.8 Å². The molecule has 0 aliphatic heterocycles. The van der Waals surface area contributed by atoms with Crippen LogP contribution < -0.4 is 10.1 Å². The highest BCUT2D eigenvalue weighted by atomic mass is 16.5. The molecule has 0 spiro atoms. The molecule has 0 bridgehead atoms. The molecule has 1 amide bonds. The Morgan fingerprint density at radius 2 is 1.72 bits per heavy atom. The van der Waals surface area contributed by atoms with Gasteiger partial charge in [0.05, 0.1) is 6.04 Å². The van der Waals surface area contributed by atoms with Crippen molar-refractivity contribution in [3.8, 4) is 5.75 Å². The predicted molar refractivity (Wildman–Crippen MR) is 103 cm³/mol. The zero-order valence-electron chi connectivity index (χ0n) is 16.1. The van der Waals surface area contributed by atoms with Crippen molar-refractivity contribution in [3.63, 3.8) is 0 Å². The van der Waals surface area contributed by atoms with E-state index in [1.165, 1.54) is 16.7 Å². The number of rotatable bonds is 6. The Balaban J connectivity index is 2.06. The lowest BCUT2D eigenvalue weighted by Gasteiger charge is -2.22. The maximum absolute atomic E-state index is 12.6. The molecule has 3 nitrogen and oxygen atoms in total. The first-order chi connectivity index (χ1) is 11.8. The Hall–Kier alpha value is -2.29. The Morgan fingerprint density at radius 1 is 1.00 bits per heavy atom. The predicted octanol–water partition coefficient (Wildman–Crippen LogP) is 4.96. The number of nitrogens with one attached hydrogen (secondary N) is 1. The molecule has 3 heteroatoms. The molecule has 2 aromatic carbocycles. The van der Waals surface area contributed by atoms with Crippen LogP contribution in [0.5, 0.6) is 5.75 Å². The van der Waals surface area contributed by atoms with Gasteiger partial charge < -0.3 is 10.1 Å². The molecule has 2 atom stereocenters. The lowest BCUT2D eigenvalue weighted by atomic mass is 9.99. The lowest BCUT2D eigenvalue weighted by molar-refractivity contribution is -0.128. The van der Waals surface area contributed by atoms with Gasteiger partial charge in [-0.25, -0.2) is 0 Å². The molecule has 0 aliphatic carbocycles. The standard InChI is InChI=1S/C22H29NO2/c1-7-20(19-10-9-15(3)16(4)13-19)23-22(24)18(6)25-21-11-8-14(2)12-17(21)5/h8-13,18,20H,7H2,1-6H3,(H,23,24)/t18-,20-/m0/s1. The third kappa shape index (κ3) is 4.85. The number of carbonyl (C=O) groups excluding carboxylic acids is 1. The molecule has 0 radical (unpaired) electrons. The van der Waals surface area contributed by atoms with Crippen LogP contribution in [0.3, 0.4) is 0 Å². The van der Waals surface area contributed by atoms with Gasteiger partial charge in [0.25, 0.3) is 5.91 Å². The van der Waals surface area contributed by atoms with Crippen LogP contribution in [0.1, 0.15) is 54.1 Å². The number of carbonyl (C=O) groups is 1. The fourth-order valence-electron chi connectivity index (χ4n) is 2.87. The summed E-state index contributed by atoms with van der Waals surface area (Å²) < 4.78 is 5.87. The van der Waals surface area contributed by atoms with E-state index in [1.807, 2.05) is 26.0 Å². The number of benzene rings is 2. The van der Waals surface area contributed by atoms with Crippen LogP contribution in [0, 0.1) is 27.7 Å². The van der Waals surface area contributed by atoms with Gasteiger partial charge in [0.2, 0.25) is 0 Å². The molecule has 0 aliphatic rings. The SMILES string of the molecule is CC[C@H](NC(=O)[C@H](C)Oc1ccc(C)cc1C)c1ccc(C)c(C)c1. The third-order valence-corrected chi connectivity index (χ3v) is 4.66. The van der Waals surface area contributed by atoms with Crippen LogP contribution in [0.4, 0.5) is 0 Å². The van der Waals surface area contributed by atoms with E-state index in [9.17, 15) is 4.79 Å². The van der Waals surface area contributed by atoms with Crippen LogP contribution in [-0.2, 0) is 4.79 Å². The topological polar surface area (TPSA) is 38.3 Å². The van der Waals surface area contributed by atoms with Crippen LogP contribution in [0.15, 0.2) is 36.4 Å². The molecule has 1 N–H and O–H groups in total. The van der Waals surface area contributed by atoms with Crippen molar-refractivity contribution < 1.29 is 9.53 Å². The van der Waals surface area contributed by atoms with Gasteiger partial charge in [-0.15, -0.1) is 0 Å². The highest BCUT2D eigenvalue weighted by Crippen LogP contribution is 2.22. The first-order valence-corrected chi connectivity index (χ1v) is 8.93. The van der Waals surface area contributed by atoms with Crippen LogP contribution in [-0.4, -0.2) is 12.0 Å². The van der Waals surface area contributed by atoms with Crippen molar-refractivity contribution in [2.75, 3.05) is 0 Å². The summed E-state index contributed by atoms with van der Waals surface area (Å²) >= 11 is 0. The minimum Gasteiger partial charge on any atom is -0.481 e. The summed E-state index contributed by atoms with van der Waals surface area (Å²) in [5, 5.41) is 3.12. The number of ether oxygens (including phenoxy) is 1. The number of hydrogen-bond donors (Lipinski definition) is 1. The highest BCUT2D eigenvalue weighted by Gasteiger charge is 2.20. The van der Waals surface area contributed by atoms with Gasteiger partial charge in [-0.3, -0.25) is 4.79 Å². The quantitative estimate of drug-likeness (QED) is 0.808. The van der Waals surface area contributed by atoms with Crippen LogP contribution >= 0.6 is 0 Å². The van der Waals surface area contributed by atoms with Crippen molar-refractivity contribution in [2.24, 2.45) is 0 Å². The molecule has 0 fully saturated rings. The van der Waals surface area contributed by atoms with Gasteiger partial charge in [0.1, 0.15) is 5.75 Å². The third-order valence-electron chi connectivity index (χ3n) is 4.66. The first-order valence-electron chi connectivity index (χ1n) is 8.93. The summed E-state index contributed by atoms with van der Waals surface area (Å²) in [6.45, 7) is 12.1. The minimum atomic E-state index is -0.540. The number of aryl methyl sites for hydroxylation is 4. The van der Waals surface area contributed by atoms with E-state index >= 15 is 0 Å². The molecule has 25 heavy (non-hydrogen) atoms. The van der Waals surface area contributed by atoms with E-state index in [-0.39, 0.29) is 11.9 Å². The monoisotopic (exact) mass is 339 g/mol. The Morgan fingerprint density at radius 3 is 2.32 bits per heavy atom. The second kappa shape index (κ2) is 8.19. The van der Waals surface area contributed by atoms with Gasteiger partial charge in [0, 0.05) is 0 Å². The zero-order chi connectivity index (χ0) is 18.6. The molecule has 0 unspecified atom stereocenters. The smallest absolute Gasteiger partial charge is 0.261 e. The van der Waals surface area contributed by atoms with E-state index in [1.54, 1.807) is 6.92 Å². The highest BCUT2D eigenvalue weighted by molar-refractivity contribution is 5.81. The van der Waals surface area contributed by atoms with E-state index in [0.717, 1.165) is 23.3 Å². The van der Waals surface area contributed by atoms with E-state index in [0.29, 0.717) is 0 Å². The van der Waals surface area contributed by atoms with Gasteiger partial charge in [-0.05, 0) is 69.4 Å². The molecular formula is C22H29NO2. The molecule has 2 aromatic rings. The first kappa shape index (κ1) is 19.0. The summed E-state index contributed by atoms with van der Waals surface area (Å²) in [5.74, 6) is 0.664. The van der Waals surface area contributed by atoms with Gasteiger partial charge in [-0.2, -0.15) is 0 Å². The van der Waals surface area contributed by atoms with E-state index in [2.05, 4.69) is 50.4 Å². The Kier molecular flexibility index (Phi) is 6.24. The fourth-order valence-corrected chi connectivity index (χ4v) is 2.87. The normalized spacial score (nSPS) is 13.2. The Labute approximate surface area is 151 Å². The fraction of sp³-hybridized carbons (Fsp3) is 0.409. The zero-order valence-corrected chi connectivity index (χ0v) is 16.1. The lowest BCUT2D eigenvalue weighted by Crippen LogP contribution is -2.38. The van der Waals surface area contributed by atoms with Crippen LogP contribution in [0.25, 0.3) is 0 Å².